The second kappa shape index (κ2) is 5.67. The molecule has 0 fully saturated rings. The van der Waals surface area contributed by atoms with Gasteiger partial charge in [-0.25, -0.2) is 9.48 Å². The summed E-state index contributed by atoms with van der Waals surface area (Å²) in [5, 5.41) is 15.9. The summed E-state index contributed by atoms with van der Waals surface area (Å²) in [6.07, 6.45) is 4.24. The molecule has 0 radical (unpaired) electrons. The average molecular weight is 292 g/mol. The van der Waals surface area contributed by atoms with Crippen LogP contribution in [-0.2, 0) is 11.3 Å². The Hall–Kier alpha value is -2.18. The van der Waals surface area contributed by atoms with Crippen LogP contribution in [0.5, 0.6) is 0 Å². The van der Waals surface area contributed by atoms with E-state index in [1.165, 1.54) is 16.5 Å². The maximum absolute atomic E-state index is 12.2. The number of hydrogen-bond acceptors (Lipinski definition) is 4. The summed E-state index contributed by atoms with van der Waals surface area (Å²) in [6.45, 7) is 7.78. The molecule has 0 aliphatic carbocycles. The molecule has 7 heteroatoms. The first-order chi connectivity index (χ1) is 9.77. The maximum Gasteiger partial charge on any atom is 0.358 e. The zero-order chi connectivity index (χ0) is 15.6. The Morgan fingerprint density at radius 3 is 2.57 bits per heavy atom. The van der Waals surface area contributed by atoms with Gasteiger partial charge in [-0.1, -0.05) is 37.6 Å². The third-order valence-corrected chi connectivity index (χ3v) is 3.58. The van der Waals surface area contributed by atoms with Crippen LogP contribution in [-0.4, -0.2) is 50.0 Å². The van der Waals surface area contributed by atoms with E-state index >= 15 is 0 Å². The zero-order valence-corrected chi connectivity index (χ0v) is 12.5. The number of carbonyl (C=O) groups is 2. The van der Waals surface area contributed by atoms with E-state index in [9.17, 15) is 9.59 Å². The Bertz CT molecular complexity index is 583. The van der Waals surface area contributed by atoms with Gasteiger partial charge in [0.05, 0.1) is 6.20 Å². The minimum Gasteiger partial charge on any atom is -0.476 e. The largest absolute Gasteiger partial charge is 0.476 e. The summed E-state index contributed by atoms with van der Waals surface area (Å²) in [5.74, 6) is -1.23. The van der Waals surface area contributed by atoms with Gasteiger partial charge in [0.15, 0.2) is 5.69 Å². The van der Waals surface area contributed by atoms with Crippen molar-refractivity contribution in [2.75, 3.05) is 13.1 Å². The lowest BCUT2D eigenvalue weighted by molar-refractivity contribution is -0.131. The third kappa shape index (κ3) is 3.68. The molecule has 0 saturated carbocycles. The quantitative estimate of drug-likeness (QED) is 0.845. The number of carbonyl (C=O) groups excluding carboxylic acids is 1. The van der Waals surface area contributed by atoms with Crippen molar-refractivity contribution in [1.82, 2.24) is 19.9 Å². The van der Waals surface area contributed by atoms with Gasteiger partial charge in [-0.2, -0.15) is 0 Å². The first-order valence-corrected chi connectivity index (χ1v) is 6.88. The SMILES string of the molecule is CC(C)(C)C1=CCN(C(=O)Cn2cc(C(=O)O)nn2)CC1. The number of carboxylic acids is 1. The van der Waals surface area contributed by atoms with Crippen molar-refractivity contribution in [3.63, 3.8) is 0 Å². The highest BCUT2D eigenvalue weighted by atomic mass is 16.4. The summed E-state index contributed by atoms with van der Waals surface area (Å²) in [4.78, 5) is 24.6. The van der Waals surface area contributed by atoms with Crippen molar-refractivity contribution >= 4 is 11.9 Å². The molecule has 2 heterocycles. The first kappa shape index (κ1) is 15.2. The predicted molar refractivity (Wildman–Crippen MR) is 75.7 cm³/mol. The second-order valence-electron chi connectivity index (χ2n) is 6.18. The highest BCUT2D eigenvalue weighted by molar-refractivity contribution is 5.84. The number of nitrogens with zero attached hydrogens (tertiary/aromatic N) is 4. The van der Waals surface area contributed by atoms with Gasteiger partial charge in [0.2, 0.25) is 5.91 Å². The summed E-state index contributed by atoms with van der Waals surface area (Å²) in [5.41, 5.74) is 1.34. The Balaban J connectivity index is 1.96. The van der Waals surface area contributed by atoms with Crippen molar-refractivity contribution in [2.45, 2.75) is 33.7 Å². The topological polar surface area (TPSA) is 88.3 Å². The molecule has 1 aromatic rings. The van der Waals surface area contributed by atoms with Crippen LogP contribution in [0.4, 0.5) is 0 Å². The van der Waals surface area contributed by atoms with Crippen LogP contribution in [0.3, 0.4) is 0 Å². The molecule has 7 nitrogen and oxygen atoms in total. The van der Waals surface area contributed by atoms with E-state index in [4.69, 9.17) is 5.11 Å². The lowest BCUT2D eigenvalue weighted by Gasteiger charge is -2.32. The third-order valence-electron chi connectivity index (χ3n) is 3.58. The van der Waals surface area contributed by atoms with E-state index < -0.39 is 5.97 Å². The molecule has 0 spiro atoms. The van der Waals surface area contributed by atoms with E-state index in [0.29, 0.717) is 13.1 Å². The van der Waals surface area contributed by atoms with Crippen LogP contribution in [0, 0.1) is 5.41 Å². The molecular weight excluding hydrogens is 272 g/mol. The van der Waals surface area contributed by atoms with Crippen LogP contribution in [0.15, 0.2) is 17.8 Å². The Labute approximate surface area is 123 Å². The molecule has 1 aliphatic rings. The van der Waals surface area contributed by atoms with Crippen LogP contribution in [0.1, 0.15) is 37.7 Å². The van der Waals surface area contributed by atoms with Gasteiger partial charge in [0.25, 0.3) is 0 Å². The smallest absolute Gasteiger partial charge is 0.358 e. The fraction of sp³-hybridized carbons (Fsp3) is 0.571. The first-order valence-electron chi connectivity index (χ1n) is 6.88. The summed E-state index contributed by atoms with van der Waals surface area (Å²) >= 11 is 0. The van der Waals surface area contributed by atoms with E-state index in [0.717, 1.165) is 6.42 Å². The van der Waals surface area contributed by atoms with Gasteiger partial charge in [-0.05, 0) is 11.8 Å². The molecule has 0 saturated heterocycles. The van der Waals surface area contributed by atoms with Gasteiger partial charge in [-0.15, -0.1) is 5.10 Å². The molecule has 0 aromatic carbocycles. The molecule has 21 heavy (non-hydrogen) atoms. The molecule has 1 aromatic heterocycles. The standard InChI is InChI=1S/C14H20N4O3/c1-14(2,3)10-4-6-17(7-5-10)12(19)9-18-8-11(13(20)21)15-16-18/h4,8H,5-7,9H2,1-3H3,(H,20,21). The Morgan fingerprint density at radius 1 is 1.38 bits per heavy atom. The Morgan fingerprint density at radius 2 is 2.10 bits per heavy atom. The van der Waals surface area contributed by atoms with Gasteiger partial charge >= 0.3 is 5.97 Å². The van der Waals surface area contributed by atoms with Crippen LogP contribution >= 0.6 is 0 Å². The molecule has 0 bridgehead atoms. The summed E-state index contributed by atoms with van der Waals surface area (Å²) in [7, 11) is 0. The van der Waals surface area contributed by atoms with Crippen molar-refractivity contribution in [2.24, 2.45) is 5.41 Å². The minimum atomic E-state index is -1.15. The lowest BCUT2D eigenvalue weighted by atomic mass is 9.83. The van der Waals surface area contributed by atoms with E-state index in [1.54, 1.807) is 4.90 Å². The van der Waals surface area contributed by atoms with Gasteiger partial charge in [0.1, 0.15) is 6.54 Å². The maximum atomic E-state index is 12.2. The van der Waals surface area contributed by atoms with Gasteiger partial charge in [-0.3, -0.25) is 4.79 Å². The normalized spacial score (nSPS) is 15.8. The van der Waals surface area contributed by atoms with Crippen molar-refractivity contribution in [3.05, 3.63) is 23.5 Å². The Kier molecular flexibility index (Phi) is 4.11. The number of aromatic carboxylic acids is 1. The van der Waals surface area contributed by atoms with E-state index in [2.05, 4.69) is 37.2 Å². The predicted octanol–water partition coefficient (Wildman–Crippen LogP) is 1.18. The molecular formula is C14H20N4O3. The molecule has 1 aliphatic heterocycles. The number of carboxylic acid groups (broad SMARTS) is 1. The van der Waals surface area contributed by atoms with Gasteiger partial charge < -0.3 is 10.0 Å². The molecule has 114 valence electrons. The van der Waals surface area contributed by atoms with Crippen molar-refractivity contribution < 1.29 is 14.7 Å². The monoisotopic (exact) mass is 292 g/mol. The second-order valence-corrected chi connectivity index (χ2v) is 6.18. The van der Waals surface area contributed by atoms with Crippen LogP contribution in [0.2, 0.25) is 0 Å². The number of amides is 1. The molecule has 1 N–H and O–H groups in total. The number of rotatable bonds is 3. The lowest BCUT2D eigenvalue weighted by Crippen LogP contribution is -2.38. The highest BCUT2D eigenvalue weighted by Crippen LogP contribution is 2.30. The van der Waals surface area contributed by atoms with E-state index in [-0.39, 0.29) is 23.6 Å². The molecule has 2 rings (SSSR count). The number of aromatic nitrogens is 3. The van der Waals surface area contributed by atoms with Crippen molar-refractivity contribution in [1.29, 1.82) is 0 Å². The fourth-order valence-electron chi connectivity index (χ4n) is 2.29. The van der Waals surface area contributed by atoms with Crippen molar-refractivity contribution in [3.8, 4) is 0 Å². The molecule has 0 unspecified atom stereocenters. The van der Waals surface area contributed by atoms with Crippen LogP contribution < -0.4 is 0 Å². The van der Waals surface area contributed by atoms with Crippen LogP contribution in [0.25, 0.3) is 0 Å². The highest BCUT2D eigenvalue weighted by Gasteiger charge is 2.24. The summed E-state index contributed by atoms with van der Waals surface area (Å²) < 4.78 is 1.26. The minimum absolute atomic E-state index is 0.0129. The fourth-order valence-corrected chi connectivity index (χ4v) is 2.29. The summed E-state index contributed by atoms with van der Waals surface area (Å²) in [6, 6.07) is 0. The molecule has 1 amide bonds. The average Bonchev–Trinajstić information content (AvgIpc) is 2.86. The molecule has 0 atom stereocenters. The zero-order valence-electron chi connectivity index (χ0n) is 12.5. The van der Waals surface area contributed by atoms with E-state index in [1.807, 2.05) is 0 Å². The number of hydrogen-bond donors (Lipinski definition) is 1. The van der Waals surface area contributed by atoms with Gasteiger partial charge in [0, 0.05) is 13.1 Å².